The van der Waals surface area contributed by atoms with Crippen molar-refractivity contribution in [3.63, 3.8) is 0 Å². The zero-order valence-corrected chi connectivity index (χ0v) is 9.02. The minimum atomic E-state index is -0.201. The predicted octanol–water partition coefficient (Wildman–Crippen LogP) is 4.08. The molecule has 0 aliphatic rings. The number of pyridine rings is 1. The molecule has 2 heteroatoms. The maximum atomic E-state index is 13.2. The van der Waals surface area contributed by atoms with Crippen LogP contribution in [0.4, 0.5) is 4.39 Å². The van der Waals surface area contributed by atoms with E-state index in [2.05, 4.69) is 4.98 Å². The van der Waals surface area contributed by atoms with Gasteiger partial charge >= 0.3 is 0 Å². The number of allylic oxidation sites excluding steroid dienone is 1. The highest BCUT2D eigenvalue weighted by atomic mass is 19.1. The molecule has 2 aromatic rings. The average Bonchev–Trinajstić information content (AvgIpc) is 2.39. The van der Waals surface area contributed by atoms with Gasteiger partial charge in [-0.05, 0) is 19.1 Å². The van der Waals surface area contributed by atoms with Gasteiger partial charge in [-0.1, -0.05) is 36.4 Å². The van der Waals surface area contributed by atoms with Crippen LogP contribution in [0.3, 0.4) is 0 Å². The zero-order chi connectivity index (χ0) is 11.4. The van der Waals surface area contributed by atoms with Gasteiger partial charge in [-0.15, -0.1) is 0 Å². The van der Waals surface area contributed by atoms with Crippen LogP contribution in [0.2, 0.25) is 0 Å². The van der Waals surface area contributed by atoms with E-state index in [0.717, 1.165) is 11.3 Å². The number of hydrogen-bond acceptors (Lipinski definition) is 1. The van der Waals surface area contributed by atoms with Crippen LogP contribution in [0.25, 0.3) is 17.1 Å². The quantitative estimate of drug-likeness (QED) is 0.732. The highest BCUT2D eigenvalue weighted by Crippen LogP contribution is 2.21. The molecule has 80 valence electrons. The van der Waals surface area contributed by atoms with E-state index in [4.69, 9.17) is 0 Å². The number of hydrogen-bond donors (Lipinski definition) is 0. The number of benzene rings is 1. The molecule has 0 fully saturated rings. The maximum absolute atomic E-state index is 13.2. The number of halogens is 1. The van der Waals surface area contributed by atoms with Gasteiger partial charge in [-0.3, -0.25) is 4.98 Å². The van der Waals surface area contributed by atoms with Crippen LogP contribution in [-0.2, 0) is 0 Å². The molecular formula is C14H12FN. The van der Waals surface area contributed by atoms with Gasteiger partial charge in [-0.2, -0.15) is 0 Å². The van der Waals surface area contributed by atoms with Crippen LogP contribution in [0, 0.1) is 0 Å². The average molecular weight is 213 g/mol. The normalized spacial score (nSPS) is 11.5. The maximum Gasteiger partial charge on any atom is 0.126 e. The lowest BCUT2D eigenvalue weighted by Crippen LogP contribution is -1.83. The second-order valence-electron chi connectivity index (χ2n) is 3.43. The van der Waals surface area contributed by atoms with Gasteiger partial charge in [-0.25, -0.2) is 4.39 Å². The summed E-state index contributed by atoms with van der Waals surface area (Å²) >= 11 is 0. The van der Waals surface area contributed by atoms with Crippen molar-refractivity contribution in [3.8, 4) is 11.3 Å². The molecule has 0 amide bonds. The SMILES string of the molecule is C/C=C(/F)c1ccc(-c2ccccn2)cc1. The largest absolute Gasteiger partial charge is 0.256 e. The first kappa shape index (κ1) is 10.6. The molecule has 0 unspecified atom stereocenters. The summed E-state index contributed by atoms with van der Waals surface area (Å²) in [4.78, 5) is 4.24. The van der Waals surface area contributed by atoms with Gasteiger partial charge in [0, 0.05) is 17.3 Å². The summed E-state index contributed by atoms with van der Waals surface area (Å²) in [6.45, 7) is 1.68. The Hall–Kier alpha value is -1.96. The molecule has 0 bridgehead atoms. The monoisotopic (exact) mass is 213 g/mol. The third-order valence-corrected chi connectivity index (χ3v) is 2.37. The Kier molecular flexibility index (Phi) is 3.10. The summed E-state index contributed by atoms with van der Waals surface area (Å²) in [6.07, 6.45) is 3.20. The fourth-order valence-electron chi connectivity index (χ4n) is 1.50. The molecule has 16 heavy (non-hydrogen) atoms. The second-order valence-corrected chi connectivity index (χ2v) is 3.43. The molecule has 1 aromatic carbocycles. The Morgan fingerprint density at radius 1 is 1.12 bits per heavy atom. The molecule has 0 N–H and O–H groups in total. The fourth-order valence-corrected chi connectivity index (χ4v) is 1.50. The van der Waals surface area contributed by atoms with Crippen molar-refractivity contribution in [1.82, 2.24) is 4.98 Å². The van der Waals surface area contributed by atoms with Crippen LogP contribution < -0.4 is 0 Å². The molecule has 0 saturated carbocycles. The van der Waals surface area contributed by atoms with E-state index in [1.807, 2.05) is 30.3 Å². The summed E-state index contributed by atoms with van der Waals surface area (Å²) < 4.78 is 13.2. The van der Waals surface area contributed by atoms with Crippen molar-refractivity contribution in [2.75, 3.05) is 0 Å². The van der Waals surface area contributed by atoms with Gasteiger partial charge < -0.3 is 0 Å². The Balaban J connectivity index is 2.34. The molecule has 1 heterocycles. The van der Waals surface area contributed by atoms with Crippen LogP contribution in [0.5, 0.6) is 0 Å². The van der Waals surface area contributed by atoms with Gasteiger partial charge in [0.05, 0.1) is 5.69 Å². The van der Waals surface area contributed by atoms with Crippen molar-refractivity contribution < 1.29 is 4.39 Å². The summed E-state index contributed by atoms with van der Waals surface area (Å²) in [5, 5.41) is 0. The Morgan fingerprint density at radius 3 is 2.44 bits per heavy atom. The van der Waals surface area contributed by atoms with Crippen molar-refractivity contribution in [2.24, 2.45) is 0 Å². The topological polar surface area (TPSA) is 12.9 Å². The van der Waals surface area contributed by atoms with Crippen molar-refractivity contribution in [1.29, 1.82) is 0 Å². The minimum absolute atomic E-state index is 0.201. The molecule has 1 nitrogen and oxygen atoms in total. The van der Waals surface area contributed by atoms with E-state index < -0.39 is 0 Å². The smallest absolute Gasteiger partial charge is 0.126 e. The van der Waals surface area contributed by atoms with Gasteiger partial charge in [0.15, 0.2) is 0 Å². The fraction of sp³-hybridized carbons (Fsp3) is 0.0714. The standard InChI is InChI=1S/C14H12FN/c1-2-13(15)11-6-8-12(9-7-11)14-5-3-4-10-16-14/h2-10H,1H3/b13-2+. The third-order valence-electron chi connectivity index (χ3n) is 2.37. The lowest BCUT2D eigenvalue weighted by Gasteiger charge is -2.01. The van der Waals surface area contributed by atoms with Crippen molar-refractivity contribution >= 4 is 5.83 Å². The van der Waals surface area contributed by atoms with Crippen LogP contribution in [-0.4, -0.2) is 4.98 Å². The van der Waals surface area contributed by atoms with Crippen LogP contribution in [0.15, 0.2) is 54.7 Å². The zero-order valence-electron chi connectivity index (χ0n) is 9.02. The number of nitrogens with zero attached hydrogens (tertiary/aromatic N) is 1. The summed E-state index contributed by atoms with van der Waals surface area (Å²) in [7, 11) is 0. The number of aromatic nitrogens is 1. The third kappa shape index (κ3) is 2.16. The highest BCUT2D eigenvalue weighted by Gasteiger charge is 2.00. The molecule has 0 aliphatic carbocycles. The van der Waals surface area contributed by atoms with E-state index in [1.54, 1.807) is 25.3 Å². The van der Waals surface area contributed by atoms with Gasteiger partial charge in [0.25, 0.3) is 0 Å². The Morgan fingerprint density at radius 2 is 1.88 bits per heavy atom. The van der Waals surface area contributed by atoms with Gasteiger partial charge in [0.1, 0.15) is 5.83 Å². The van der Waals surface area contributed by atoms with Gasteiger partial charge in [0.2, 0.25) is 0 Å². The summed E-state index contributed by atoms with van der Waals surface area (Å²) in [5.74, 6) is -0.201. The van der Waals surface area contributed by atoms with E-state index >= 15 is 0 Å². The molecule has 0 radical (unpaired) electrons. The minimum Gasteiger partial charge on any atom is -0.256 e. The second kappa shape index (κ2) is 4.71. The first-order chi connectivity index (χ1) is 7.81. The summed E-state index contributed by atoms with van der Waals surface area (Å²) in [6, 6.07) is 13.0. The first-order valence-corrected chi connectivity index (χ1v) is 5.15. The molecule has 0 spiro atoms. The molecule has 0 saturated heterocycles. The molecule has 1 aromatic heterocycles. The molecule has 2 rings (SSSR count). The first-order valence-electron chi connectivity index (χ1n) is 5.15. The van der Waals surface area contributed by atoms with E-state index in [9.17, 15) is 4.39 Å². The predicted molar refractivity (Wildman–Crippen MR) is 64.4 cm³/mol. The van der Waals surface area contributed by atoms with Crippen LogP contribution in [0.1, 0.15) is 12.5 Å². The van der Waals surface area contributed by atoms with Crippen molar-refractivity contribution in [3.05, 3.63) is 60.3 Å². The lowest BCUT2D eigenvalue weighted by atomic mass is 10.1. The number of rotatable bonds is 2. The van der Waals surface area contributed by atoms with Crippen LogP contribution >= 0.6 is 0 Å². The Labute approximate surface area is 94.3 Å². The van der Waals surface area contributed by atoms with E-state index in [1.165, 1.54) is 6.08 Å². The Bertz CT molecular complexity index is 486. The van der Waals surface area contributed by atoms with E-state index in [0.29, 0.717) is 5.56 Å². The van der Waals surface area contributed by atoms with Crippen molar-refractivity contribution in [2.45, 2.75) is 6.92 Å². The van der Waals surface area contributed by atoms with E-state index in [-0.39, 0.29) is 5.83 Å². The highest BCUT2D eigenvalue weighted by molar-refractivity contribution is 5.65. The molecule has 0 aliphatic heterocycles. The molecule has 0 atom stereocenters. The molecular weight excluding hydrogens is 201 g/mol. The summed E-state index contributed by atoms with van der Waals surface area (Å²) in [5.41, 5.74) is 2.49. The lowest BCUT2D eigenvalue weighted by molar-refractivity contribution is 0.758.